The standard InChI is InChI=1S/C11H26N2/c1-4-7-11(12)8-10-13(6-3)9-5-2/h11H,4-10,12H2,1-3H3. The van der Waals surface area contributed by atoms with Gasteiger partial charge < -0.3 is 10.6 Å². The van der Waals surface area contributed by atoms with Crippen molar-refractivity contribution in [1.29, 1.82) is 0 Å². The number of hydrogen-bond donors (Lipinski definition) is 1. The Morgan fingerprint density at radius 3 is 2.15 bits per heavy atom. The second-order valence-electron chi connectivity index (χ2n) is 3.77. The van der Waals surface area contributed by atoms with E-state index in [2.05, 4.69) is 25.7 Å². The van der Waals surface area contributed by atoms with Crippen LogP contribution >= 0.6 is 0 Å². The zero-order chi connectivity index (χ0) is 10.1. The third kappa shape index (κ3) is 7.03. The van der Waals surface area contributed by atoms with Gasteiger partial charge in [0.25, 0.3) is 0 Å². The summed E-state index contributed by atoms with van der Waals surface area (Å²) in [6.07, 6.45) is 4.78. The van der Waals surface area contributed by atoms with Crippen LogP contribution in [0.3, 0.4) is 0 Å². The average Bonchev–Trinajstić information content (AvgIpc) is 2.12. The summed E-state index contributed by atoms with van der Waals surface area (Å²) in [6, 6.07) is 0.413. The predicted octanol–water partition coefficient (Wildman–Crippen LogP) is 2.24. The van der Waals surface area contributed by atoms with Gasteiger partial charge in [0.15, 0.2) is 0 Å². The molecule has 0 fully saturated rings. The molecular formula is C11H26N2. The Balaban J connectivity index is 3.46. The summed E-state index contributed by atoms with van der Waals surface area (Å²) in [6.45, 7) is 10.2. The minimum atomic E-state index is 0.413. The Bertz CT molecular complexity index is 104. The Morgan fingerprint density at radius 1 is 1.00 bits per heavy atom. The lowest BCUT2D eigenvalue weighted by Gasteiger charge is -2.21. The summed E-state index contributed by atoms with van der Waals surface area (Å²) in [5.74, 6) is 0. The fourth-order valence-electron chi connectivity index (χ4n) is 1.61. The summed E-state index contributed by atoms with van der Waals surface area (Å²) in [7, 11) is 0. The lowest BCUT2D eigenvalue weighted by atomic mass is 10.1. The molecule has 0 saturated heterocycles. The number of nitrogens with zero attached hydrogens (tertiary/aromatic N) is 1. The minimum Gasteiger partial charge on any atom is -0.328 e. The summed E-state index contributed by atoms with van der Waals surface area (Å²) >= 11 is 0. The molecule has 0 saturated carbocycles. The van der Waals surface area contributed by atoms with E-state index in [1.54, 1.807) is 0 Å². The molecule has 13 heavy (non-hydrogen) atoms. The normalized spacial score (nSPS) is 13.6. The average molecular weight is 186 g/mol. The van der Waals surface area contributed by atoms with Crippen LogP contribution in [0.4, 0.5) is 0 Å². The van der Waals surface area contributed by atoms with Crippen LogP contribution in [0.1, 0.15) is 46.5 Å². The number of hydrogen-bond acceptors (Lipinski definition) is 2. The van der Waals surface area contributed by atoms with Gasteiger partial charge in [-0.05, 0) is 38.9 Å². The van der Waals surface area contributed by atoms with Gasteiger partial charge in [0.1, 0.15) is 0 Å². The molecule has 80 valence electrons. The summed E-state index contributed by atoms with van der Waals surface area (Å²) < 4.78 is 0. The lowest BCUT2D eigenvalue weighted by molar-refractivity contribution is 0.274. The molecule has 0 aliphatic rings. The molecule has 0 radical (unpaired) electrons. The topological polar surface area (TPSA) is 29.3 Å². The molecule has 2 N–H and O–H groups in total. The third-order valence-electron chi connectivity index (χ3n) is 2.46. The Labute approximate surface area is 83.5 Å². The van der Waals surface area contributed by atoms with Crippen LogP contribution in [0.25, 0.3) is 0 Å². The van der Waals surface area contributed by atoms with Crippen molar-refractivity contribution < 1.29 is 0 Å². The van der Waals surface area contributed by atoms with Crippen LogP contribution in [0, 0.1) is 0 Å². The van der Waals surface area contributed by atoms with Crippen molar-refractivity contribution in [2.75, 3.05) is 19.6 Å². The highest BCUT2D eigenvalue weighted by atomic mass is 15.1. The second-order valence-corrected chi connectivity index (χ2v) is 3.77. The fraction of sp³-hybridized carbons (Fsp3) is 1.00. The van der Waals surface area contributed by atoms with Crippen molar-refractivity contribution in [1.82, 2.24) is 4.90 Å². The molecule has 1 unspecified atom stereocenters. The zero-order valence-electron chi connectivity index (χ0n) is 9.55. The van der Waals surface area contributed by atoms with Gasteiger partial charge in [-0.3, -0.25) is 0 Å². The van der Waals surface area contributed by atoms with Crippen molar-refractivity contribution in [3.05, 3.63) is 0 Å². The van der Waals surface area contributed by atoms with Gasteiger partial charge in [-0.25, -0.2) is 0 Å². The lowest BCUT2D eigenvalue weighted by Crippen LogP contribution is -2.31. The highest BCUT2D eigenvalue weighted by Crippen LogP contribution is 2.01. The van der Waals surface area contributed by atoms with E-state index in [4.69, 9.17) is 5.73 Å². The van der Waals surface area contributed by atoms with E-state index in [9.17, 15) is 0 Å². The molecule has 0 aromatic rings. The molecule has 0 aromatic carbocycles. The van der Waals surface area contributed by atoms with Gasteiger partial charge in [0, 0.05) is 6.04 Å². The molecule has 0 rings (SSSR count). The van der Waals surface area contributed by atoms with Crippen LogP contribution in [0.5, 0.6) is 0 Å². The molecule has 2 nitrogen and oxygen atoms in total. The van der Waals surface area contributed by atoms with Gasteiger partial charge in [-0.2, -0.15) is 0 Å². The molecule has 0 aliphatic carbocycles. The highest BCUT2D eigenvalue weighted by molar-refractivity contribution is 4.64. The zero-order valence-corrected chi connectivity index (χ0v) is 9.55. The molecule has 1 atom stereocenters. The summed E-state index contributed by atoms with van der Waals surface area (Å²) in [4.78, 5) is 2.48. The first-order valence-corrected chi connectivity index (χ1v) is 5.72. The monoisotopic (exact) mass is 186 g/mol. The van der Waals surface area contributed by atoms with Crippen LogP contribution in [0.15, 0.2) is 0 Å². The molecular weight excluding hydrogens is 160 g/mol. The first-order valence-electron chi connectivity index (χ1n) is 5.72. The van der Waals surface area contributed by atoms with E-state index in [1.165, 1.54) is 32.4 Å². The number of rotatable bonds is 8. The minimum absolute atomic E-state index is 0.413. The van der Waals surface area contributed by atoms with Crippen molar-refractivity contribution in [3.8, 4) is 0 Å². The van der Waals surface area contributed by atoms with E-state index in [-0.39, 0.29) is 0 Å². The largest absolute Gasteiger partial charge is 0.328 e. The second kappa shape index (κ2) is 8.52. The number of nitrogens with two attached hydrogens (primary N) is 1. The maximum atomic E-state index is 5.96. The Morgan fingerprint density at radius 2 is 1.69 bits per heavy atom. The van der Waals surface area contributed by atoms with Crippen LogP contribution in [-0.4, -0.2) is 30.6 Å². The molecule has 0 heterocycles. The molecule has 0 aliphatic heterocycles. The molecule has 0 bridgehead atoms. The van der Waals surface area contributed by atoms with E-state index in [0.717, 1.165) is 13.0 Å². The smallest absolute Gasteiger partial charge is 0.00509 e. The van der Waals surface area contributed by atoms with Gasteiger partial charge >= 0.3 is 0 Å². The van der Waals surface area contributed by atoms with E-state index in [0.29, 0.717) is 6.04 Å². The fourth-order valence-corrected chi connectivity index (χ4v) is 1.61. The van der Waals surface area contributed by atoms with Gasteiger partial charge in [0.05, 0.1) is 0 Å². The maximum absolute atomic E-state index is 5.96. The highest BCUT2D eigenvalue weighted by Gasteiger charge is 2.04. The van der Waals surface area contributed by atoms with Gasteiger partial charge in [-0.1, -0.05) is 27.2 Å². The van der Waals surface area contributed by atoms with Gasteiger partial charge in [0.2, 0.25) is 0 Å². The van der Waals surface area contributed by atoms with Crippen molar-refractivity contribution in [2.45, 2.75) is 52.5 Å². The van der Waals surface area contributed by atoms with Crippen molar-refractivity contribution in [2.24, 2.45) is 5.73 Å². The predicted molar refractivity (Wildman–Crippen MR) is 59.9 cm³/mol. The first kappa shape index (κ1) is 12.9. The summed E-state index contributed by atoms with van der Waals surface area (Å²) in [5, 5.41) is 0. The molecule has 2 heteroatoms. The van der Waals surface area contributed by atoms with Crippen LogP contribution in [-0.2, 0) is 0 Å². The van der Waals surface area contributed by atoms with Gasteiger partial charge in [-0.15, -0.1) is 0 Å². The molecule has 0 amide bonds. The van der Waals surface area contributed by atoms with Crippen molar-refractivity contribution >= 4 is 0 Å². The van der Waals surface area contributed by atoms with E-state index < -0.39 is 0 Å². The quantitative estimate of drug-likeness (QED) is 0.630. The van der Waals surface area contributed by atoms with Crippen LogP contribution < -0.4 is 5.73 Å². The van der Waals surface area contributed by atoms with Crippen molar-refractivity contribution in [3.63, 3.8) is 0 Å². The maximum Gasteiger partial charge on any atom is 0.00509 e. The van der Waals surface area contributed by atoms with E-state index in [1.807, 2.05) is 0 Å². The Kier molecular flexibility index (Phi) is 8.46. The Hall–Kier alpha value is -0.0800. The third-order valence-corrected chi connectivity index (χ3v) is 2.46. The summed E-state index contributed by atoms with van der Waals surface area (Å²) in [5.41, 5.74) is 5.96. The van der Waals surface area contributed by atoms with E-state index >= 15 is 0 Å². The molecule has 0 aromatic heterocycles. The van der Waals surface area contributed by atoms with Crippen LogP contribution in [0.2, 0.25) is 0 Å². The SMILES string of the molecule is CCCC(N)CCN(CC)CCC. The first-order chi connectivity index (χ1) is 6.24. The molecule has 0 spiro atoms.